The van der Waals surface area contributed by atoms with E-state index in [1.807, 2.05) is 43.3 Å². The molecule has 1 saturated carbocycles. The highest BCUT2D eigenvalue weighted by molar-refractivity contribution is 7.99. The highest BCUT2D eigenvalue weighted by Crippen LogP contribution is 2.32. The number of rotatable bonds is 6. The Hall–Kier alpha value is -3.04. The Morgan fingerprint density at radius 1 is 1.27 bits per heavy atom. The minimum atomic E-state index is 0.101. The molecule has 30 heavy (non-hydrogen) atoms. The van der Waals surface area contributed by atoms with Crippen LogP contribution in [0.5, 0.6) is 0 Å². The maximum atomic E-state index is 11.9. The van der Waals surface area contributed by atoms with Gasteiger partial charge in [0, 0.05) is 28.3 Å². The number of carbonyl (C=O) groups is 1. The van der Waals surface area contributed by atoms with Crippen LogP contribution in [0.3, 0.4) is 0 Å². The van der Waals surface area contributed by atoms with E-state index in [1.165, 1.54) is 11.8 Å². The summed E-state index contributed by atoms with van der Waals surface area (Å²) in [5.74, 6) is 1.45. The molecule has 0 bridgehead atoms. The van der Waals surface area contributed by atoms with Crippen molar-refractivity contribution < 1.29 is 4.79 Å². The SMILES string of the molecule is Cc1cc(Nc2nc(Sc3ccc(NC(=O)C4CC4)cc3)cc3cnc(Cl)n23)n[nH]1. The summed E-state index contributed by atoms with van der Waals surface area (Å²) in [6, 6.07) is 11.5. The molecule has 1 aliphatic rings. The van der Waals surface area contributed by atoms with Crippen molar-refractivity contribution >= 4 is 52.2 Å². The second-order valence-electron chi connectivity index (χ2n) is 7.16. The fraction of sp³-hybridized carbons (Fsp3) is 0.200. The Labute approximate surface area is 181 Å². The first-order chi connectivity index (χ1) is 14.5. The van der Waals surface area contributed by atoms with Gasteiger partial charge in [-0.3, -0.25) is 14.3 Å². The Kier molecular flexibility index (Phi) is 4.84. The number of aryl methyl sites for hydroxylation is 1. The first-order valence-electron chi connectivity index (χ1n) is 9.47. The zero-order valence-electron chi connectivity index (χ0n) is 16.0. The van der Waals surface area contributed by atoms with Gasteiger partial charge < -0.3 is 10.6 Å². The molecule has 0 spiro atoms. The average molecular weight is 440 g/mol. The van der Waals surface area contributed by atoms with Crippen molar-refractivity contribution in [3.63, 3.8) is 0 Å². The van der Waals surface area contributed by atoms with Gasteiger partial charge in [0.2, 0.25) is 17.1 Å². The number of fused-ring (bicyclic) bond motifs is 1. The van der Waals surface area contributed by atoms with Crippen LogP contribution in [0.15, 0.2) is 52.5 Å². The quantitative estimate of drug-likeness (QED) is 0.378. The van der Waals surface area contributed by atoms with Gasteiger partial charge in [-0.25, -0.2) is 9.97 Å². The molecule has 4 aromatic rings. The molecular formula is C20H18ClN7OS. The molecule has 152 valence electrons. The maximum Gasteiger partial charge on any atom is 0.227 e. The van der Waals surface area contributed by atoms with Crippen molar-refractivity contribution in [3.05, 3.63) is 53.6 Å². The molecule has 0 atom stereocenters. The third-order valence-electron chi connectivity index (χ3n) is 4.68. The molecular weight excluding hydrogens is 422 g/mol. The molecule has 0 saturated heterocycles. The van der Waals surface area contributed by atoms with E-state index in [4.69, 9.17) is 16.6 Å². The van der Waals surface area contributed by atoms with Crippen LogP contribution in [-0.2, 0) is 4.79 Å². The lowest BCUT2D eigenvalue weighted by Crippen LogP contribution is -2.12. The number of nitrogens with one attached hydrogen (secondary N) is 3. The minimum Gasteiger partial charge on any atom is -0.326 e. The molecule has 1 amide bonds. The number of nitrogens with zero attached hydrogens (tertiary/aromatic N) is 4. The minimum absolute atomic E-state index is 0.101. The third kappa shape index (κ3) is 3.99. The Morgan fingerprint density at radius 3 is 2.77 bits per heavy atom. The first kappa shape index (κ1) is 19.0. The van der Waals surface area contributed by atoms with E-state index in [0.29, 0.717) is 17.0 Å². The molecule has 5 rings (SSSR count). The van der Waals surface area contributed by atoms with Crippen LogP contribution in [0, 0.1) is 12.8 Å². The van der Waals surface area contributed by atoms with Gasteiger partial charge in [0.25, 0.3) is 0 Å². The number of hydrogen-bond acceptors (Lipinski definition) is 6. The number of aromatic nitrogens is 5. The van der Waals surface area contributed by atoms with Crippen LogP contribution in [0.25, 0.3) is 5.52 Å². The van der Waals surface area contributed by atoms with Crippen LogP contribution in [0.4, 0.5) is 17.5 Å². The van der Waals surface area contributed by atoms with Crippen molar-refractivity contribution in [2.24, 2.45) is 5.92 Å². The number of hydrogen-bond donors (Lipinski definition) is 3. The number of benzene rings is 1. The summed E-state index contributed by atoms with van der Waals surface area (Å²) in [5, 5.41) is 14.3. The predicted molar refractivity (Wildman–Crippen MR) is 117 cm³/mol. The number of halogens is 1. The van der Waals surface area contributed by atoms with E-state index in [1.54, 1.807) is 10.6 Å². The molecule has 3 N–H and O–H groups in total. The van der Waals surface area contributed by atoms with Crippen molar-refractivity contribution in [1.82, 2.24) is 24.6 Å². The molecule has 8 nitrogen and oxygen atoms in total. The Morgan fingerprint density at radius 2 is 2.07 bits per heavy atom. The van der Waals surface area contributed by atoms with Gasteiger partial charge in [-0.1, -0.05) is 11.8 Å². The summed E-state index contributed by atoms with van der Waals surface area (Å²) in [7, 11) is 0. The van der Waals surface area contributed by atoms with E-state index in [-0.39, 0.29) is 11.8 Å². The number of carbonyl (C=O) groups excluding carboxylic acids is 1. The largest absolute Gasteiger partial charge is 0.326 e. The summed E-state index contributed by atoms with van der Waals surface area (Å²) in [4.78, 5) is 21.8. The normalized spacial score (nSPS) is 13.5. The fourth-order valence-corrected chi connectivity index (χ4v) is 4.07. The average Bonchev–Trinajstić information content (AvgIpc) is 3.41. The van der Waals surface area contributed by atoms with Crippen LogP contribution < -0.4 is 10.6 Å². The topological polar surface area (TPSA) is 100 Å². The lowest BCUT2D eigenvalue weighted by molar-refractivity contribution is -0.117. The predicted octanol–water partition coefficient (Wildman–Crippen LogP) is 4.66. The third-order valence-corrected chi connectivity index (χ3v) is 5.88. The van der Waals surface area contributed by atoms with E-state index in [2.05, 4.69) is 25.8 Å². The maximum absolute atomic E-state index is 11.9. The lowest BCUT2D eigenvalue weighted by atomic mass is 10.3. The molecule has 0 unspecified atom stereocenters. The lowest BCUT2D eigenvalue weighted by Gasteiger charge is -2.10. The molecule has 0 aliphatic heterocycles. The number of H-pyrrole nitrogens is 1. The van der Waals surface area contributed by atoms with Gasteiger partial charge in [-0.05, 0) is 61.7 Å². The number of anilines is 3. The van der Waals surface area contributed by atoms with Crippen molar-refractivity contribution in [1.29, 1.82) is 0 Å². The molecule has 1 aromatic carbocycles. The number of amides is 1. The summed E-state index contributed by atoms with van der Waals surface area (Å²) >= 11 is 7.76. The monoisotopic (exact) mass is 439 g/mol. The van der Waals surface area contributed by atoms with Gasteiger partial charge in [-0.15, -0.1) is 0 Å². The fourth-order valence-electron chi connectivity index (χ4n) is 3.02. The van der Waals surface area contributed by atoms with Gasteiger partial charge in [0.05, 0.1) is 11.7 Å². The zero-order valence-corrected chi connectivity index (χ0v) is 17.6. The van der Waals surface area contributed by atoms with E-state index >= 15 is 0 Å². The Balaban J connectivity index is 1.39. The molecule has 3 aromatic heterocycles. The number of aromatic amines is 1. The van der Waals surface area contributed by atoms with Gasteiger partial charge >= 0.3 is 0 Å². The highest BCUT2D eigenvalue weighted by Gasteiger charge is 2.29. The van der Waals surface area contributed by atoms with Crippen LogP contribution in [-0.4, -0.2) is 30.5 Å². The summed E-state index contributed by atoms with van der Waals surface area (Å²) in [6.45, 7) is 1.93. The summed E-state index contributed by atoms with van der Waals surface area (Å²) in [5.41, 5.74) is 2.56. The summed E-state index contributed by atoms with van der Waals surface area (Å²) in [6.07, 6.45) is 3.67. The molecule has 1 aliphatic carbocycles. The molecule has 0 radical (unpaired) electrons. The molecule has 1 fully saturated rings. The van der Waals surface area contributed by atoms with Gasteiger partial charge in [0.15, 0.2) is 5.82 Å². The first-order valence-corrected chi connectivity index (χ1v) is 10.7. The highest BCUT2D eigenvalue weighted by atomic mass is 35.5. The number of imidazole rings is 1. The van der Waals surface area contributed by atoms with E-state index in [9.17, 15) is 4.79 Å². The van der Waals surface area contributed by atoms with Crippen LogP contribution in [0.2, 0.25) is 5.28 Å². The van der Waals surface area contributed by atoms with E-state index < -0.39 is 0 Å². The van der Waals surface area contributed by atoms with Gasteiger partial charge in [0.1, 0.15) is 5.03 Å². The zero-order chi connectivity index (χ0) is 20.7. The van der Waals surface area contributed by atoms with Crippen LogP contribution in [0.1, 0.15) is 18.5 Å². The molecule has 3 heterocycles. The van der Waals surface area contributed by atoms with Gasteiger partial charge in [-0.2, -0.15) is 5.10 Å². The second kappa shape index (κ2) is 7.66. The second-order valence-corrected chi connectivity index (χ2v) is 8.59. The molecule has 10 heteroatoms. The smallest absolute Gasteiger partial charge is 0.227 e. The van der Waals surface area contributed by atoms with Crippen molar-refractivity contribution in [2.75, 3.05) is 10.6 Å². The van der Waals surface area contributed by atoms with Crippen molar-refractivity contribution in [3.8, 4) is 0 Å². The van der Waals surface area contributed by atoms with Crippen molar-refractivity contribution in [2.45, 2.75) is 29.7 Å². The van der Waals surface area contributed by atoms with Crippen LogP contribution >= 0.6 is 23.4 Å². The summed E-state index contributed by atoms with van der Waals surface area (Å²) < 4.78 is 1.73. The standard InChI is InChI=1S/C20H18ClN7OS/c1-11-8-16(27-26-11)24-20-25-17(9-14-10-22-19(21)28(14)20)30-15-6-4-13(5-7-15)23-18(29)12-2-3-12/h4-10,12H,2-3H2,1H3,(H,23,29)(H2,24,25,26,27). The Bertz CT molecular complexity index is 1230. The van der Waals surface area contributed by atoms with E-state index in [0.717, 1.165) is 39.7 Å².